The van der Waals surface area contributed by atoms with Gasteiger partial charge in [-0.05, 0) is 31.0 Å². The Bertz CT molecular complexity index is 653. The molecule has 0 fully saturated rings. The summed E-state index contributed by atoms with van der Waals surface area (Å²) in [5.41, 5.74) is 0.763. The predicted molar refractivity (Wildman–Crippen MR) is 71.0 cm³/mol. The van der Waals surface area contributed by atoms with Crippen molar-refractivity contribution in [2.45, 2.75) is 13.8 Å². The number of hydrogen-bond donors (Lipinski definition) is 3. The lowest BCUT2D eigenvalue weighted by Crippen LogP contribution is -2.35. The van der Waals surface area contributed by atoms with Gasteiger partial charge in [0.1, 0.15) is 0 Å². The van der Waals surface area contributed by atoms with Crippen LogP contribution in [0.5, 0.6) is 0 Å². The van der Waals surface area contributed by atoms with E-state index in [4.69, 9.17) is 5.11 Å². The van der Waals surface area contributed by atoms with Gasteiger partial charge in [0.05, 0.1) is 18.4 Å². The molecule has 0 aromatic heterocycles. The number of anilines is 1. The summed E-state index contributed by atoms with van der Waals surface area (Å²) in [6.45, 7) is 3.24. The zero-order valence-corrected chi connectivity index (χ0v) is 11.9. The van der Waals surface area contributed by atoms with E-state index in [0.717, 1.165) is 7.11 Å². The Hall–Kier alpha value is -2.29. The Morgan fingerprint density at radius 1 is 1.25 bits per heavy atom. The summed E-state index contributed by atoms with van der Waals surface area (Å²) in [4.78, 5) is 22.1. The molecule has 0 bridgehead atoms. The molecule has 1 aromatic rings. The van der Waals surface area contributed by atoms with E-state index in [0.29, 0.717) is 11.1 Å². The number of carbonyl (C=O) groups is 2. The maximum atomic E-state index is 11.7. The van der Waals surface area contributed by atoms with Crippen LogP contribution in [0.15, 0.2) is 12.1 Å². The number of rotatable bonds is 4. The molecule has 0 spiro atoms. The Morgan fingerprint density at radius 2 is 1.85 bits per heavy atom. The number of ether oxygens (including phenoxy) is 1. The van der Waals surface area contributed by atoms with Crippen molar-refractivity contribution in [2.75, 3.05) is 11.8 Å². The number of carboxylic acids is 1. The molecule has 9 heteroatoms. The molecule has 1 rings (SSSR count). The predicted octanol–water partition coefficient (Wildman–Crippen LogP) is 1.01. The number of carbonyl (C=O) groups excluding carboxylic acids is 1. The summed E-state index contributed by atoms with van der Waals surface area (Å²) in [5.74, 6) is -1.28. The quantitative estimate of drug-likeness (QED) is 0.763. The largest absolute Gasteiger partial charge is 0.478 e. The van der Waals surface area contributed by atoms with Gasteiger partial charge in [-0.15, -0.1) is 0 Å². The molecule has 0 radical (unpaired) electrons. The van der Waals surface area contributed by atoms with Gasteiger partial charge in [0.15, 0.2) is 0 Å². The topological polar surface area (TPSA) is 122 Å². The van der Waals surface area contributed by atoms with Crippen LogP contribution in [0.2, 0.25) is 0 Å². The van der Waals surface area contributed by atoms with Crippen LogP contribution in [-0.4, -0.2) is 32.7 Å². The molecule has 0 saturated carbocycles. The second-order valence-electron chi connectivity index (χ2n) is 4.01. The first-order chi connectivity index (χ1) is 9.16. The first kappa shape index (κ1) is 15.8. The summed E-state index contributed by atoms with van der Waals surface area (Å²) in [5, 5.41) is 9.09. The van der Waals surface area contributed by atoms with Crippen molar-refractivity contribution in [3.63, 3.8) is 0 Å². The smallest absolute Gasteiger partial charge is 0.422 e. The fourth-order valence-corrected chi connectivity index (χ4v) is 2.48. The Morgan fingerprint density at radius 3 is 2.35 bits per heavy atom. The minimum atomic E-state index is -4.28. The number of carboxylic acid groups (broad SMARTS) is 1. The molecule has 0 heterocycles. The van der Waals surface area contributed by atoms with Crippen LogP contribution in [-0.2, 0) is 14.9 Å². The number of hydrogen-bond acceptors (Lipinski definition) is 5. The third-order valence-corrected chi connectivity index (χ3v) is 3.26. The number of aromatic carboxylic acids is 1. The van der Waals surface area contributed by atoms with Crippen LogP contribution in [0.25, 0.3) is 0 Å². The van der Waals surface area contributed by atoms with E-state index in [1.165, 1.54) is 6.07 Å². The molecule has 8 nitrogen and oxygen atoms in total. The Balaban J connectivity index is 3.21. The normalized spacial score (nSPS) is 10.8. The van der Waals surface area contributed by atoms with Gasteiger partial charge < -0.3 is 9.84 Å². The van der Waals surface area contributed by atoms with E-state index in [2.05, 4.69) is 4.74 Å². The standard InChI is InChI=1S/C11H14N2O6S/c1-6-4-7(2)9(8(5-6)10(14)15)12-20(17,18)13-11(16)19-3/h4-5,12H,1-3H3,(H,13,16)(H,14,15). The van der Waals surface area contributed by atoms with E-state index in [9.17, 15) is 18.0 Å². The second kappa shape index (κ2) is 5.78. The highest BCUT2D eigenvalue weighted by Crippen LogP contribution is 2.23. The van der Waals surface area contributed by atoms with E-state index < -0.39 is 22.3 Å². The van der Waals surface area contributed by atoms with E-state index >= 15 is 0 Å². The maximum Gasteiger partial charge on any atom is 0.422 e. The Kier molecular flexibility index (Phi) is 4.56. The number of nitrogens with one attached hydrogen (secondary N) is 2. The highest BCUT2D eigenvalue weighted by molar-refractivity contribution is 7.91. The van der Waals surface area contributed by atoms with Crippen LogP contribution in [0, 0.1) is 13.8 Å². The van der Waals surface area contributed by atoms with Crippen molar-refractivity contribution in [1.82, 2.24) is 4.72 Å². The van der Waals surface area contributed by atoms with Crippen molar-refractivity contribution >= 4 is 28.0 Å². The van der Waals surface area contributed by atoms with Crippen molar-refractivity contribution in [2.24, 2.45) is 0 Å². The van der Waals surface area contributed by atoms with Crippen molar-refractivity contribution in [3.8, 4) is 0 Å². The third-order valence-electron chi connectivity index (χ3n) is 2.35. The van der Waals surface area contributed by atoms with Gasteiger partial charge in [0.25, 0.3) is 0 Å². The fourth-order valence-electron chi connectivity index (χ4n) is 1.58. The summed E-state index contributed by atoms with van der Waals surface area (Å²) in [6, 6.07) is 2.94. The zero-order valence-electron chi connectivity index (χ0n) is 11.1. The van der Waals surface area contributed by atoms with E-state index in [1.54, 1.807) is 24.6 Å². The van der Waals surface area contributed by atoms with Gasteiger partial charge in [-0.1, -0.05) is 6.07 Å². The van der Waals surface area contributed by atoms with Crippen LogP contribution in [0.3, 0.4) is 0 Å². The van der Waals surface area contributed by atoms with Gasteiger partial charge in [0, 0.05) is 0 Å². The number of amides is 1. The summed E-state index contributed by atoms with van der Waals surface area (Å²) >= 11 is 0. The van der Waals surface area contributed by atoms with E-state index in [1.807, 2.05) is 4.72 Å². The lowest BCUT2D eigenvalue weighted by molar-refractivity contribution is 0.0698. The van der Waals surface area contributed by atoms with Gasteiger partial charge in [-0.3, -0.25) is 4.72 Å². The summed E-state index contributed by atoms with van der Waals surface area (Å²) in [6.07, 6.45) is -1.18. The first-order valence-corrected chi connectivity index (χ1v) is 6.87. The average Bonchev–Trinajstić information content (AvgIpc) is 2.31. The number of aryl methyl sites for hydroxylation is 2. The minimum Gasteiger partial charge on any atom is -0.478 e. The fraction of sp³-hybridized carbons (Fsp3) is 0.273. The molecule has 0 saturated heterocycles. The van der Waals surface area contributed by atoms with Crippen molar-refractivity contribution in [1.29, 1.82) is 0 Å². The van der Waals surface area contributed by atoms with Crippen molar-refractivity contribution in [3.05, 3.63) is 28.8 Å². The SMILES string of the molecule is COC(=O)NS(=O)(=O)Nc1c(C)cc(C)cc1C(=O)O. The molecule has 1 aromatic carbocycles. The highest BCUT2D eigenvalue weighted by atomic mass is 32.2. The van der Waals surface area contributed by atoms with E-state index in [-0.39, 0.29) is 11.3 Å². The van der Waals surface area contributed by atoms with Gasteiger partial charge in [-0.2, -0.15) is 8.42 Å². The molecular formula is C11H14N2O6S. The molecule has 0 aliphatic rings. The van der Waals surface area contributed by atoms with Crippen LogP contribution in [0.4, 0.5) is 10.5 Å². The molecule has 110 valence electrons. The minimum absolute atomic E-state index is 0.112. The second-order valence-corrected chi connectivity index (χ2v) is 5.42. The Labute approximate surface area is 115 Å². The number of benzene rings is 1. The van der Waals surface area contributed by atoms with Gasteiger partial charge >= 0.3 is 22.3 Å². The first-order valence-electron chi connectivity index (χ1n) is 5.39. The van der Waals surface area contributed by atoms with Gasteiger partial charge in [0.2, 0.25) is 0 Å². The lowest BCUT2D eigenvalue weighted by atomic mass is 10.0. The van der Waals surface area contributed by atoms with Crippen molar-refractivity contribution < 1.29 is 27.9 Å². The van der Waals surface area contributed by atoms with Gasteiger partial charge in [-0.25, -0.2) is 14.3 Å². The summed E-state index contributed by atoms with van der Waals surface area (Å²) in [7, 11) is -3.27. The molecule has 1 amide bonds. The molecular weight excluding hydrogens is 288 g/mol. The maximum absolute atomic E-state index is 11.7. The highest BCUT2D eigenvalue weighted by Gasteiger charge is 2.20. The molecule has 3 N–H and O–H groups in total. The van der Waals surface area contributed by atoms with Crippen LogP contribution >= 0.6 is 0 Å². The molecule has 0 atom stereocenters. The molecule has 20 heavy (non-hydrogen) atoms. The molecule has 0 aliphatic heterocycles. The zero-order chi connectivity index (χ0) is 15.5. The summed E-state index contributed by atoms with van der Waals surface area (Å²) < 4.78 is 31.1. The van der Waals surface area contributed by atoms with Crippen LogP contribution in [0.1, 0.15) is 21.5 Å². The number of methoxy groups -OCH3 is 1. The average molecular weight is 302 g/mol. The monoisotopic (exact) mass is 302 g/mol. The third kappa shape index (κ3) is 3.85. The molecule has 0 aliphatic carbocycles. The lowest BCUT2D eigenvalue weighted by Gasteiger charge is -2.14. The van der Waals surface area contributed by atoms with Crippen LogP contribution < -0.4 is 9.44 Å². The molecule has 0 unspecified atom stereocenters.